The van der Waals surface area contributed by atoms with E-state index in [-0.39, 0.29) is 24.5 Å². The third kappa shape index (κ3) is 2.46. The van der Waals surface area contributed by atoms with Crippen molar-refractivity contribution in [1.29, 1.82) is 0 Å². The van der Waals surface area contributed by atoms with Crippen LogP contribution in [0.3, 0.4) is 0 Å². The van der Waals surface area contributed by atoms with Crippen LogP contribution in [0.4, 0.5) is 0 Å². The van der Waals surface area contributed by atoms with Gasteiger partial charge in [0.2, 0.25) is 5.91 Å². The molecule has 0 aliphatic carbocycles. The number of hydrogen-bond donors (Lipinski definition) is 1. The van der Waals surface area contributed by atoms with Gasteiger partial charge in [0.1, 0.15) is 0 Å². The van der Waals surface area contributed by atoms with Gasteiger partial charge >= 0.3 is 0 Å². The van der Waals surface area contributed by atoms with E-state index in [1.54, 1.807) is 4.90 Å². The first kappa shape index (κ1) is 11.2. The quantitative estimate of drug-likeness (QED) is 0.724. The van der Waals surface area contributed by atoms with Crippen LogP contribution >= 0.6 is 11.8 Å². The standard InChI is InChI=1S/C10H17NO3S/c12-5-9-6-14-3-2-11(9)10(13)8-1-4-15-7-8/h8-9,12H,1-7H2. The minimum Gasteiger partial charge on any atom is -0.394 e. The van der Waals surface area contributed by atoms with Crippen LogP contribution in [0.1, 0.15) is 6.42 Å². The summed E-state index contributed by atoms with van der Waals surface area (Å²) < 4.78 is 5.26. The number of morpholine rings is 1. The lowest BCUT2D eigenvalue weighted by molar-refractivity contribution is -0.145. The summed E-state index contributed by atoms with van der Waals surface area (Å²) >= 11 is 1.84. The van der Waals surface area contributed by atoms with Gasteiger partial charge in [0.15, 0.2) is 0 Å². The molecule has 0 radical (unpaired) electrons. The molecule has 2 unspecified atom stereocenters. The van der Waals surface area contributed by atoms with Crippen molar-refractivity contribution in [2.75, 3.05) is 37.9 Å². The predicted molar refractivity (Wildman–Crippen MR) is 58.8 cm³/mol. The molecule has 4 nitrogen and oxygen atoms in total. The molecule has 2 aliphatic heterocycles. The van der Waals surface area contributed by atoms with Crippen molar-refractivity contribution in [3.63, 3.8) is 0 Å². The van der Waals surface area contributed by atoms with Crippen LogP contribution in [-0.4, -0.2) is 59.8 Å². The molecule has 1 N–H and O–H groups in total. The van der Waals surface area contributed by atoms with Crippen LogP contribution in [0.2, 0.25) is 0 Å². The van der Waals surface area contributed by atoms with E-state index < -0.39 is 0 Å². The van der Waals surface area contributed by atoms with Gasteiger partial charge in [-0.25, -0.2) is 0 Å². The maximum atomic E-state index is 12.1. The molecule has 15 heavy (non-hydrogen) atoms. The molecule has 2 fully saturated rings. The zero-order valence-electron chi connectivity index (χ0n) is 8.72. The zero-order chi connectivity index (χ0) is 10.7. The smallest absolute Gasteiger partial charge is 0.227 e. The molecular formula is C10H17NO3S. The minimum absolute atomic E-state index is 0.00556. The Morgan fingerprint density at radius 2 is 2.47 bits per heavy atom. The van der Waals surface area contributed by atoms with Gasteiger partial charge in [0, 0.05) is 18.2 Å². The highest BCUT2D eigenvalue weighted by Crippen LogP contribution is 2.26. The molecule has 0 spiro atoms. The summed E-state index contributed by atoms with van der Waals surface area (Å²) in [5.74, 6) is 2.41. The van der Waals surface area contributed by atoms with Crippen LogP contribution < -0.4 is 0 Å². The summed E-state index contributed by atoms with van der Waals surface area (Å²) in [6.07, 6.45) is 0.985. The Bertz CT molecular complexity index is 231. The van der Waals surface area contributed by atoms with E-state index >= 15 is 0 Å². The van der Waals surface area contributed by atoms with Crippen LogP contribution in [0, 0.1) is 5.92 Å². The summed E-state index contributed by atoms with van der Waals surface area (Å²) in [7, 11) is 0. The number of ether oxygens (including phenoxy) is 1. The molecule has 2 aliphatic rings. The molecule has 5 heteroatoms. The normalized spacial score (nSPS) is 31.9. The van der Waals surface area contributed by atoms with Gasteiger partial charge < -0.3 is 14.7 Å². The Labute approximate surface area is 94.0 Å². The molecule has 0 aromatic rings. The molecule has 0 aromatic heterocycles. The first-order valence-electron chi connectivity index (χ1n) is 5.39. The van der Waals surface area contributed by atoms with E-state index in [0.29, 0.717) is 19.8 Å². The number of amides is 1. The number of nitrogens with zero attached hydrogens (tertiary/aromatic N) is 1. The third-order valence-corrected chi connectivity index (χ3v) is 4.16. The minimum atomic E-state index is -0.128. The highest BCUT2D eigenvalue weighted by molar-refractivity contribution is 7.99. The Morgan fingerprint density at radius 3 is 3.13 bits per heavy atom. The highest BCUT2D eigenvalue weighted by atomic mass is 32.2. The Morgan fingerprint density at radius 1 is 1.60 bits per heavy atom. The van der Waals surface area contributed by atoms with Gasteiger partial charge in [-0.2, -0.15) is 11.8 Å². The summed E-state index contributed by atoms with van der Waals surface area (Å²) in [4.78, 5) is 13.9. The van der Waals surface area contributed by atoms with Crippen molar-refractivity contribution in [3.8, 4) is 0 Å². The number of carbonyl (C=O) groups excluding carboxylic acids is 1. The van der Waals surface area contributed by atoms with Gasteiger partial charge in [-0.1, -0.05) is 0 Å². The summed E-state index contributed by atoms with van der Waals surface area (Å²) in [6.45, 7) is 1.71. The lowest BCUT2D eigenvalue weighted by Crippen LogP contribution is -2.52. The molecule has 0 saturated carbocycles. The van der Waals surface area contributed by atoms with Crippen molar-refractivity contribution in [1.82, 2.24) is 4.90 Å². The average molecular weight is 231 g/mol. The Hall–Kier alpha value is -0.260. The molecule has 2 atom stereocenters. The fourth-order valence-corrected chi connectivity index (χ4v) is 3.27. The molecule has 2 rings (SSSR count). The fourth-order valence-electron chi connectivity index (χ4n) is 2.06. The SMILES string of the molecule is O=C(C1CCSC1)N1CCOCC1CO. The Kier molecular flexibility index (Phi) is 3.88. The van der Waals surface area contributed by atoms with Crippen LogP contribution in [0.15, 0.2) is 0 Å². The van der Waals surface area contributed by atoms with E-state index in [0.717, 1.165) is 17.9 Å². The maximum Gasteiger partial charge on any atom is 0.227 e. The van der Waals surface area contributed by atoms with Gasteiger partial charge in [-0.15, -0.1) is 0 Å². The second-order valence-corrected chi connectivity index (χ2v) is 5.15. The van der Waals surface area contributed by atoms with Crippen LogP contribution in [0.25, 0.3) is 0 Å². The van der Waals surface area contributed by atoms with Crippen molar-refractivity contribution in [3.05, 3.63) is 0 Å². The van der Waals surface area contributed by atoms with Crippen LogP contribution in [0.5, 0.6) is 0 Å². The van der Waals surface area contributed by atoms with Crippen molar-refractivity contribution >= 4 is 17.7 Å². The fraction of sp³-hybridized carbons (Fsp3) is 0.900. The second kappa shape index (κ2) is 5.18. The maximum absolute atomic E-state index is 12.1. The lowest BCUT2D eigenvalue weighted by Gasteiger charge is -2.36. The molecule has 0 bridgehead atoms. The van der Waals surface area contributed by atoms with Gasteiger partial charge in [0.25, 0.3) is 0 Å². The zero-order valence-corrected chi connectivity index (χ0v) is 9.54. The van der Waals surface area contributed by atoms with E-state index in [2.05, 4.69) is 0 Å². The predicted octanol–water partition coefficient (Wildman–Crippen LogP) is -0.0408. The number of thioether (sulfide) groups is 1. The number of hydrogen-bond acceptors (Lipinski definition) is 4. The average Bonchev–Trinajstić information content (AvgIpc) is 2.81. The lowest BCUT2D eigenvalue weighted by atomic mass is 10.1. The van der Waals surface area contributed by atoms with Crippen molar-refractivity contribution < 1.29 is 14.6 Å². The van der Waals surface area contributed by atoms with Crippen molar-refractivity contribution in [2.24, 2.45) is 5.92 Å². The van der Waals surface area contributed by atoms with Gasteiger partial charge in [-0.3, -0.25) is 4.79 Å². The number of aliphatic hydroxyl groups excluding tert-OH is 1. The topological polar surface area (TPSA) is 49.8 Å². The summed E-state index contributed by atoms with van der Waals surface area (Å²) in [6, 6.07) is -0.128. The number of aliphatic hydroxyl groups is 1. The van der Waals surface area contributed by atoms with Gasteiger partial charge in [-0.05, 0) is 12.2 Å². The number of carbonyl (C=O) groups is 1. The molecule has 0 aromatic carbocycles. The largest absolute Gasteiger partial charge is 0.394 e. The van der Waals surface area contributed by atoms with E-state index in [9.17, 15) is 9.90 Å². The van der Waals surface area contributed by atoms with E-state index in [4.69, 9.17) is 4.74 Å². The van der Waals surface area contributed by atoms with Gasteiger partial charge in [0.05, 0.1) is 25.9 Å². The third-order valence-electron chi connectivity index (χ3n) is 3.00. The highest BCUT2D eigenvalue weighted by Gasteiger charge is 2.33. The molecule has 86 valence electrons. The van der Waals surface area contributed by atoms with Crippen molar-refractivity contribution in [2.45, 2.75) is 12.5 Å². The second-order valence-electron chi connectivity index (χ2n) is 4.00. The van der Waals surface area contributed by atoms with E-state index in [1.807, 2.05) is 11.8 Å². The first-order valence-corrected chi connectivity index (χ1v) is 6.55. The molecule has 2 heterocycles. The van der Waals surface area contributed by atoms with E-state index in [1.165, 1.54) is 0 Å². The number of rotatable bonds is 2. The molecular weight excluding hydrogens is 214 g/mol. The summed E-state index contributed by atoms with van der Waals surface area (Å²) in [5, 5.41) is 9.17. The first-order chi connectivity index (χ1) is 7.33. The summed E-state index contributed by atoms with van der Waals surface area (Å²) in [5.41, 5.74) is 0. The monoisotopic (exact) mass is 231 g/mol. The molecule has 1 amide bonds. The Balaban J connectivity index is 1.96. The van der Waals surface area contributed by atoms with Crippen LogP contribution in [-0.2, 0) is 9.53 Å². The molecule has 2 saturated heterocycles.